The molecule has 0 aliphatic rings. The van der Waals surface area contributed by atoms with Gasteiger partial charge in [0.25, 0.3) is 0 Å². The summed E-state index contributed by atoms with van der Waals surface area (Å²) in [7, 11) is 0. The van der Waals surface area contributed by atoms with Gasteiger partial charge in [-0.25, -0.2) is 9.59 Å². The number of aromatic nitrogens is 1. The van der Waals surface area contributed by atoms with Gasteiger partial charge in [-0.05, 0) is 60.3 Å². The minimum absolute atomic E-state index is 0.0329. The maximum atomic E-state index is 12.6. The van der Waals surface area contributed by atoms with E-state index in [4.69, 9.17) is 4.74 Å². The number of benzene rings is 3. The van der Waals surface area contributed by atoms with E-state index in [0.717, 1.165) is 50.6 Å². The number of esters is 1. The third-order valence-electron chi connectivity index (χ3n) is 7.44. The summed E-state index contributed by atoms with van der Waals surface area (Å²) < 4.78 is 5.47. The first-order valence-electron chi connectivity index (χ1n) is 14.9. The van der Waals surface area contributed by atoms with Crippen molar-refractivity contribution in [1.29, 1.82) is 0 Å². The summed E-state index contributed by atoms with van der Waals surface area (Å²) in [5.41, 5.74) is 2.45. The van der Waals surface area contributed by atoms with Gasteiger partial charge >= 0.3 is 12.1 Å². The fourth-order valence-corrected chi connectivity index (χ4v) is 5.18. The highest BCUT2D eigenvalue weighted by Crippen LogP contribution is 2.28. The minimum Gasteiger partial charge on any atom is -0.506 e. The Morgan fingerprint density at radius 1 is 0.841 bits per heavy atom. The fourth-order valence-electron chi connectivity index (χ4n) is 5.18. The van der Waals surface area contributed by atoms with Crippen LogP contribution in [0, 0.1) is 0 Å². The number of carboxylic acid groups (broad SMARTS) is 1. The molecule has 4 aromatic rings. The van der Waals surface area contributed by atoms with Crippen molar-refractivity contribution in [3.8, 4) is 5.75 Å². The number of pyridine rings is 1. The number of unbranched alkanes of at least 4 members (excludes halogenated alkanes) is 5. The predicted octanol–water partition coefficient (Wildman–Crippen LogP) is 5.41. The molecule has 10 heteroatoms. The standard InChI is InChI=1S/C34H39N3O7/c38-28-17-15-26(27-16-18-30(40)36-32(27)28)29(39)22-35-19-8-3-1-2-4-9-20-44-33(41)25-14-10-13-24(21-25)31(37-34(42)43)23-11-6-5-7-12-23/h5-7,10-18,21,29,31,35,37-39H,1-4,8-9,19-20,22H2,(H,36,40)(H,42,43). The van der Waals surface area contributed by atoms with Crippen LogP contribution in [0.3, 0.4) is 0 Å². The Balaban J connectivity index is 1.10. The highest BCUT2D eigenvalue weighted by Gasteiger charge is 2.18. The summed E-state index contributed by atoms with van der Waals surface area (Å²) in [5.74, 6) is -0.467. The maximum Gasteiger partial charge on any atom is 0.405 e. The SMILES string of the molecule is O=C(O)NC(c1ccccc1)c1cccc(C(=O)OCCCCCCCCNCC(O)c2ccc(O)c3[nH]c(=O)ccc23)c1. The number of hydrogen-bond acceptors (Lipinski definition) is 7. The lowest BCUT2D eigenvalue weighted by molar-refractivity contribution is 0.0497. The van der Waals surface area contributed by atoms with Gasteiger partial charge < -0.3 is 35.7 Å². The topological polar surface area (TPSA) is 161 Å². The van der Waals surface area contributed by atoms with Crippen LogP contribution in [0.15, 0.2) is 83.7 Å². The lowest BCUT2D eigenvalue weighted by atomic mass is 9.97. The van der Waals surface area contributed by atoms with Gasteiger partial charge in [0.05, 0.1) is 29.8 Å². The number of aliphatic hydroxyl groups excluding tert-OH is 1. The first-order valence-corrected chi connectivity index (χ1v) is 14.9. The molecule has 4 rings (SSSR count). The molecule has 0 spiro atoms. The van der Waals surface area contributed by atoms with Crippen LogP contribution in [-0.4, -0.2) is 52.1 Å². The largest absolute Gasteiger partial charge is 0.506 e. The molecule has 1 heterocycles. The third kappa shape index (κ3) is 9.16. The molecule has 0 bridgehead atoms. The van der Waals surface area contributed by atoms with Gasteiger partial charge in [0.15, 0.2) is 0 Å². The molecular formula is C34H39N3O7. The first kappa shape index (κ1) is 32.2. The van der Waals surface area contributed by atoms with Gasteiger partial charge in [0, 0.05) is 18.0 Å². The van der Waals surface area contributed by atoms with Crippen LogP contribution < -0.4 is 16.2 Å². The number of ether oxygens (including phenoxy) is 1. The van der Waals surface area contributed by atoms with Crippen LogP contribution >= 0.6 is 0 Å². The molecule has 1 amide bonds. The number of nitrogens with one attached hydrogen (secondary N) is 3. The number of aromatic amines is 1. The van der Waals surface area contributed by atoms with Crippen molar-refractivity contribution in [2.75, 3.05) is 19.7 Å². The third-order valence-corrected chi connectivity index (χ3v) is 7.44. The second-order valence-electron chi connectivity index (χ2n) is 10.7. The lowest BCUT2D eigenvalue weighted by Gasteiger charge is -2.18. The Hall–Kier alpha value is -4.67. The zero-order valence-corrected chi connectivity index (χ0v) is 24.5. The number of aliphatic hydroxyl groups is 1. The quantitative estimate of drug-likeness (QED) is 0.0734. The predicted molar refractivity (Wildman–Crippen MR) is 168 cm³/mol. The normalized spacial score (nSPS) is 12.5. The van der Waals surface area contributed by atoms with E-state index < -0.39 is 24.2 Å². The average molecular weight is 602 g/mol. The summed E-state index contributed by atoms with van der Waals surface area (Å²) in [6, 6.07) is 21.5. The molecule has 44 heavy (non-hydrogen) atoms. The van der Waals surface area contributed by atoms with E-state index >= 15 is 0 Å². The Morgan fingerprint density at radius 2 is 1.57 bits per heavy atom. The zero-order valence-electron chi connectivity index (χ0n) is 24.5. The molecular weight excluding hydrogens is 562 g/mol. The molecule has 0 aliphatic carbocycles. The number of fused-ring (bicyclic) bond motifs is 1. The first-order chi connectivity index (χ1) is 21.3. The number of H-pyrrole nitrogens is 1. The maximum absolute atomic E-state index is 12.6. The van der Waals surface area contributed by atoms with E-state index in [1.807, 2.05) is 30.3 Å². The molecule has 0 saturated carbocycles. The number of phenols is 1. The van der Waals surface area contributed by atoms with Crippen molar-refractivity contribution < 1.29 is 29.6 Å². The average Bonchev–Trinajstić information content (AvgIpc) is 3.03. The molecule has 3 aromatic carbocycles. The molecule has 0 saturated heterocycles. The van der Waals surface area contributed by atoms with Gasteiger partial charge in [-0.1, -0.05) is 74.2 Å². The number of phenolic OH excluding ortho intramolecular Hbond substituents is 1. The number of hydrogen-bond donors (Lipinski definition) is 6. The second-order valence-corrected chi connectivity index (χ2v) is 10.7. The minimum atomic E-state index is -1.15. The molecule has 2 atom stereocenters. The molecule has 2 unspecified atom stereocenters. The van der Waals surface area contributed by atoms with Crippen molar-refractivity contribution in [1.82, 2.24) is 15.6 Å². The Labute approximate surface area is 255 Å². The zero-order chi connectivity index (χ0) is 31.3. The van der Waals surface area contributed by atoms with Gasteiger partial charge in [-0.3, -0.25) is 4.79 Å². The van der Waals surface area contributed by atoms with E-state index in [1.54, 1.807) is 36.4 Å². The van der Waals surface area contributed by atoms with Crippen LogP contribution in [0.1, 0.15) is 77.7 Å². The van der Waals surface area contributed by atoms with E-state index in [0.29, 0.717) is 40.7 Å². The van der Waals surface area contributed by atoms with Crippen LogP contribution in [-0.2, 0) is 4.74 Å². The molecule has 6 N–H and O–H groups in total. The van der Waals surface area contributed by atoms with E-state index in [2.05, 4.69) is 15.6 Å². The van der Waals surface area contributed by atoms with Crippen molar-refractivity contribution >= 4 is 23.0 Å². The lowest BCUT2D eigenvalue weighted by Crippen LogP contribution is -2.27. The van der Waals surface area contributed by atoms with E-state index in [-0.39, 0.29) is 11.3 Å². The van der Waals surface area contributed by atoms with Crippen LogP contribution in [0.2, 0.25) is 0 Å². The number of rotatable bonds is 16. The van der Waals surface area contributed by atoms with Crippen molar-refractivity contribution in [3.05, 3.63) is 111 Å². The molecule has 1 aromatic heterocycles. The molecule has 0 radical (unpaired) electrons. The number of carbonyl (C=O) groups is 2. The number of amides is 1. The van der Waals surface area contributed by atoms with Crippen LogP contribution in [0.5, 0.6) is 5.75 Å². The van der Waals surface area contributed by atoms with E-state index in [1.165, 1.54) is 12.1 Å². The molecule has 10 nitrogen and oxygen atoms in total. The fraction of sp³-hybridized carbons (Fsp3) is 0.324. The van der Waals surface area contributed by atoms with Crippen LogP contribution in [0.4, 0.5) is 4.79 Å². The van der Waals surface area contributed by atoms with Gasteiger partial charge in [0.2, 0.25) is 5.56 Å². The summed E-state index contributed by atoms with van der Waals surface area (Å²) in [6.45, 7) is 1.43. The molecule has 0 fully saturated rings. The summed E-state index contributed by atoms with van der Waals surface area (Å²) in [6.07, 6.45) is 3.83. The Morgan fingerprint density at radius 3 is 2.34 bits per heavy atom. The van der Waals surface area contributed by atoms with Gasteiger partial charge in [-0.15, -0.1) is 0 Å². The van der Waals surface area contributed by atoms with Crippen molar-refractivity contribution in [2.24, 2.45) is 0 Å². The summed E-state index contributed by atoms with van der Waals surface area (Å²) in [4.78, 5) is 38.2. The highest BCUT2D eigenvalue weighted by atomic mass is 16.5. The van der Waals surface area contributed by atoms with Gasteiger partial charge in [-0.2, -0.15) is 0 Å². The molecule has 0 aliphatic heterocycles. The number of aromatic hydroxyl groups is 1. The van der Waals surface area contributed by atoms with Crippen LogP contribution in [0.25, 0.3) is 10.9 Å². The highest BCUT2D eigenvalue weighted by molar-refractivity contribution is 5.89. The second kappa shape index (κ2) is 16.3. The smallest absolute Gasteiger partial charge is 0.405 e. The summed E-state index contributed by atoms with van der Waals surface area (Å²) >= 11 is 0. The van der Waals surface area contributed by atoms with E-state index in [9.17, 15) is 29.7 Å². The number of carbonyl (C=O) groups excluding carboxylic acids is 1. The Bertz CT molecular complexity index is 1590. The summed E-state index contributed by atoms with van der Waals surface area (Å²) in [5, 5.41) is 36.4. The monoisotopic (exact) mass is 601 g/mol. The Kier molecular flexibility index (Phi) is 11.9. The van der Waals surface area contributed by atoms with Gasteiger partial charge in [0.1, 0.15) is 5.75 Å². The van der Waals surface area contributed by atoms with Crippen molar-refractivity contribution in [2.45, 2.75) is 50.7 Å². The molecule has 232 valence electrons. The van der Waals surface area contributed by atoms with Crippen molar-refractivity contribution in [3.63, 3.8) is 0 Å².